The van der Waals surface area contributed by atoms with Gasteiger partial charge in [-0.05, 0) is 25.1 Å². The topological polar surface area (TPSA) is 38.7 Å². The molecule has 0 fully saturated rings. The zero-order chi connectivity index (χ0) is 13.9. The van der Waals surface area contributed by atoms with Crippen molar-refractivity contribution in [2.24, 2.45) is 5.92 Å². The maximum absolute atomic E-state index is 9.60. The van der Waals surface area contributed by atoms with E-state index in [2.05, 4.69) is 40.8 Å². The van der Waals surface area contributed by atoms with E-state index >= 15 is 0 Å². The van der Waals surface area contributed by atoms with Crippen LogP contribution >= 0.6 is 0 Å². The zero-order valence-corrected chi connectivity index (χ0v) is 13.7. The molecule has 0 radical (unpaired) electrons. The summed E-state index contributed by atoms with van der Waals surface area (Å²) < 4.78 is 11.4. The molecule has 0 bridgehead atoms. The van der Waals surface area contributed by atoms with Gasteiger partial charge >= 0.3 is 0 Å². The van der Waals surface area contributed by atoms with Crippen LogP contribution in [0.1, 0.15) is 34.6 Å². The fourth-order valence-corrected chi connectivity index (χ4v) is 2.67. The predicted octanol–water partition coefficient (Wildman–Crippen LogP) is 3.04. The van der Waals surface area contributed by atoms with Gasteiger partial charge in [-0.1, -0.05) is 27.7 Å². The van der Waals surface area contributed by atoms with Gasteiger partial charge in [0, 0.05) is 19.6 Å². The molecule has 3 nitrogen and oxygen atoms in total. The van der Waals surface area contributed by atoms with E-state index in [9.17, 15) is 5.11 Å². The quantitative estimate of drug-likeness (QED) is 0.748. The first-order chi connectivity index (χ1) is 7.53. The molecular formula is C13H30O3Si. The number of rotatable bonds is 6. The molecule has 0 aliphatic rings. The Morgan fingerprint density at radius 3 is 1.94 bits per heavy atom. The summed E-state index contributed by atoms with van der Waals surface area (Å²) in [6.45, 7) is 15.6. The molecule has 0 amide bonds. The second-order valence-corrected chi connectivity index (χ2v) is 11.3. The highest BCUT2D eigenvalue weighted by atomic mass is 28.4. The Kier molecular flexibility index (Phi) is 6.35. The second-order valence-electron chi connectivity index (χ2n) is 6.49. The van der Waals surface area contributed by atoms with Gasteiger partial charge in [0.2, 0.25) is 0 Å². The normalized spacial score (nSPS) is 18.9. The van der Waals surface area contributed by atoms with Crippen molar-refractivity contribution in [2.75, 3.05) is 13.7 Å². The van der Waals surface area contributed by atoms with Gasteiger partial charge in [0.15, 0.2) is 8.32 Å². The maximum atomic E-state index is 9.60. The number of aliphatic hydroxyl groups is 1. The van der Waals surface area contributed by atoms with Crippen LogP contribution in [0.15, 0.2) is 0 Å². The summed E-state index contributed by atoms with van der Waals surface area (Å²) in [7, 11) is -0.0592. The second kappa shape index (κ2) is 6.32. The lowest BCUT2D eigenvalue weighted by molar-refractivity contribution is -0.0439. The summed E-state index contributed by atoms with van der Waals surface area (Å²) in [5.74, 6) is 0.203. The van der Waals surface area contributed by atoms with Gasteiger partial charge in [0.05, 0.1) is 12.2 Å². The van der Waals surface area contributed by atoms with Gasteiger partial charge in [-0.25, -0.2) is 0 Å². The van der Waals surface area contributed by atoms with Crippen LogP contribution in [0.3, 0.4) is 0 Å². The van der Waals surface area contributed by atoms with E-state index in [1.54, 1.807) is 14.0 Å². The monoisotopic (exact) mass is 262 g/mol. The fourth-order valence-electron chi connectivity index (χ4n) is 1.56. The molecule has 1 N–H and O–H groups in total. The molecule has 17 heavy (non-hydrogen) atoms. The lowest BCUT2D eigenvalue weighted by Crippen LogP contribution is -2.44. The maximum Gasteiger partial charge on any atom is 0.191 e. The molecule has 4 heteroatoms. The molecule has 3 atom stereocenters. The van der Waals surface area contributed by atoms with Crippen molar-refractivity contribution in [1.82, 2.24) is 0 Å². The Bertz CT molecular complexity index is 221. The highest BCUT2D eigenvalue weighted by molar-refractivity contribution is 6.74. The number of hydrogen-bond acceptors (Lipinski definition) is 3. The van der Waals surface area contributed by atoms with Crippen LogP contribution in [-0.2, 0) is 9.16 Å². The molecule has 104 valence electrons. The Morgan fingerprint density at radius 2 is 1.65 bits per heavy atom. The Hall–Kier alpha value is 0.0969. The molecule has 0 aromatic heterocycles. The number of methoxy groups -OCH3 is 1. The average molecular weight is 262 g/mol. The molecule has 0 aromatic rings. The summed E-state index contributed by atoms with van der Waals surface area (Å²) in [6, 6.07) is 0. The van der Waals surface area contributed by atoms with E-state index in [-0.39, 0.29) is 17.1 Å². The number of hydrogen-bond donors (Lipinski definition) is 1. The molecule has 0 aliphatic carbocycles. The molecule has 0 saturated carbocycles. The summed E-state index contributed by atoms with van der Waals surface area (Å²) in [5.41, 5.74) is 0. The van der Waals surface area contributed by atoms with Crippen LogP contribution in [0.25, 0.3) is 0 Å². The van der Waals surface area contributed by atoms with Crippen molar-refractivity contribution < 1.29 is 14.3 Å². The van der Waals surface area contributed by atoms with Crippen LogP contribution in [0.2, 0.25) is 18.1 Å². The fraction of sp³-hybridized carbons (Fsp3) is 1.00. The molecule has 0 heterocycles. The third kappa shape index (κ3) is 5.08. The van der Waals surface area contributed by atoms with E-state index in [0.29, 0.717) is 6.61 Å². The highest BCUT2D eigenvalue weighted by Crippen LogP contribution is 2.36. The van der Waals surface area contributed by atoms with Crippen LogP contribution in [-0.4, -0.2) is 39.3 Å². The highest BCUT2D eigenvalue weighted by Gasteiger charge is 2.38. The largest absolute Gasteiger partial charge is 0.416 e. The minimum Gasteiger partial charge on any atom is -0.416 e. The molecular weight excluding hydrogens is 232 g/mol. The first kappa shape index (κ1) is 17.1. The minimum absolute atomic E-state index is 0.153. The molecule has 0 saturated heterocycles. The van der Waals surface area contributed by atoms with Gasteiger partial charge < -0.3 is 14.3 Å². The van der Waals surface area contributed by atoms with E-state index < -0.39 is 14.4 Å². The van der Waals surface area contributed by atoms with Crippen LogP contribution in [0, 0.1) is 5.92 Å². The average Bonchev–Trinajstić information content (AvgIpc) is 2.13. The van der Waals surface area contributed by atoms with Crippen molar-refractivity contribution in [3.8, 4) is 0 Å². The smallest absolute Gasteiger partial charge is 0.191 e. The van der Waals surface area contributed by atoms with Crippen molar-refractivity contribution in [3.05, 3.63) is 0 Å². The molecule has 0 aliphatic heterocycles. The van der Waals surface area contributed by atoms with E-state index in [1.807, 2.05) is 0 Å². The van der Waals surface area contributed by atoms with Crippen molar-refractivity contribution in [2.45, 2.75) is 65.0 Å². The van der Waals surface area contributed by atoms with Crippen molar-refractivity contribution >= 4 is 8.32 Å². The van der Waals surface area contributed by atoms with Gasteiger partial charge in [-0.15, -0.1) is 0 Å². The lowest BCUT2D eigenvalue weighted by atomic mass is 10.0. The zero-order valence-electron chi connectivity index (χ0n) is 12.7. The van der Waals surface area contributed by atoms with Crippen molar-refractivity contribution in [3.63, 3.8) is 0 Å². The summed E-state index contributed by atoms with van der Waals surface area (Å²) in [5, 5.41) is 9.82. The first-order valence-corrected chi connectivity index (χ1v) is 9.28. The van der Waals surface area contributed by atoms with Gasteiger partial charge in [-0.2, -0.15) is 0 Å². The van der Waals surface area contributed by atoms with Gasteiger partial charge in [0.1, 0.15) is 0 Å². The van der Waals surface area contributed by atoms with Gasteiger partial charge in [-0.3, -0.25) is 0 Å². The van der Waals surface area contributed by atoms with E-state index in [1.165, 1.54) is 0 Å². The molecule has 0 rings (SSSR count). The molecule has 3 unspecified atom stereocenters. The summed E-state index contributed by atoms with van der Waals surface area (Å²) in [4.78, 5) is 0. The van der Waals surface area contributed by atoms with E-state index in [0.717, 1.165) is 0 Å². The van der Waals surface area contributed by atoms with Crippen molar-refractivity contribution in [1.29, 1.82) is 0 Å². The Morgan fingerprint density at radius 1 is 1.18 bits per heavy atom. The van der Waals surface area contributed by atoms with Gasteiger partial charge in [0.25, 0.3) is 0 Å². The third-order valence-corrected chi connectivity index (χ3v) is 8.32. The van der Waals surface area contributed by atoms with Crippen LogP contribution < -0.4 is 0 Å². The first-order valence-electron chi connectivity index (χ1n) is 6.37. The molecule has 0 spiro atoms. The van der Waals surface area contributed by atoms with Crippen LogP contribution in [0.4, 0.5) is 0 Å². The van der Waals surface area contributed by atoms with E-state index in [4.69, 9.17) is 9.16 Å². The number of aliphatic hydroxyl groups excluding tert-OH is 1. The standard InChI is InChI=1S/C13H30O3Si/c1-10(12(15-6)11(2)14)9-16-17(7,8)13(3,4)5/h10-12,14H,9H2,1-8H3. The lowest BCUT2D eigenvalue weighted by Gasteiger charge is -2.38. The third-order valence-electron chi connectivity index (χ3n) is 3.82. The van der Waals surface area contributed by atoms with Crippen LogP contribution in [0.5, 0.6) is 0 Å². The number of ether oxygens (including phenoxy) is 1. The summed E-state index contributed by atoms with van der Waals surface area (Å²) in [6.07, 6.45) is -0.613. The minimum atomic E-state index is -1.70. The molecule has 0 aromatic carbocycles. The summed E-state index contributed by atoms with van der Waals surface area (Å²) >= 11 is 0. The SMILES string of the molecule is COC(C(C)O)C(C)CO[Si](C)(C)C(C)(C)C. The Labute approximate surface area is 108 Å². The Balaban J connectivity index is 4.38. The predicted molar refractivity (Wildman–Crippen MR) is 74.8 cm³/mol.